The Labute approximate surface area is 672 Å². The predicted molar refractivity (Wildman–Crippen MR) is 471 cm³/mol. The van der Waals surface area contributed by atoms with E-state index in [1.165, 1.54) is 315 Å². The van der Waals surface area contributed by atoms with Gasteiger partial charge in [0, 0.05) is 32.1 Å². The summed E-state index contributed by atoms with van der Waals surface area (Å²) in [5.74, 6) is -0.204. The molecule has 0 aromatic carbocycles. The average molecular weight is 1520 g/mol. The van der Waals surface area contributed by atoms with Crippen molar-refractivity contribution < 1.29 is 47.7 Å². The molecule has 0 aromatic heterocycles. The smallest absolute Gasteiger partial charge is 0.305 e. The van der Waals surface area contributed by atoms with E-state index in [2.05, 4.69) is 108 Å². The lowest BCUT2D eigenvalue weighted by atomic mass is 10.0. The van der Waals surface area contributed by atoms with E-state index in [1.54, 1.807) is 0 Å². The van der Waals surface area contributed by atoms with E-state index in [0.29, 0.717) is 65.1 Å². The summed E-state index contributed by atoms with van der Waals surface area (Å²) in [6, 6.07) is 0. The normalized spacial score (nSPS) is 11.2. The molecule has 108 heavy (non-hydrogen) atoms. The number of hydrogen-bond acceptors (Lipinski definition) is 10. The molecule has 0 aliphatic rings. The molecule has 0 N–H and O–H groups in total. The Morgan fingerprint density at radius 3 is 0.491 bits per heavy atom. The number of allylic oxidation sites excluding steroid dienone is 12. The van der Waals surface area contributed by atoms with Gasteiger partial charge in [-0.05, 0) is 157 Å². The van der Waals surface area contributed by atoms with E-state index in [0.717, 1.165) is 77.0 Å². The third-order valence-corrected chi connectivity index (χ3v) is 19.0. The highest BCUT2D eigenvalue weighted by Crippen LogP contribution is 2.18. The van der Waals surface area contributed by atoms with Gasteiger partial charge in [-0.15, -0.1) is 0 Å². The zero-order chi connectivity index (χ0) is 80.1. The maximum absolute atomic E-state index is 11.2. The highest BCUT2D eigenvalue weighted by atomic mass is 16.5. The summed E-state index contributed by atoms with van der Waals surface area (Å²) in [7, 11) is 0. The van der Waals surface area contributed by atoms with Crippen LogP contribution in [0.5, 0.6) is 0 Å². The van der Waals surface area contributed by atoms with Gasteiger partial charge in [0.15, 0.2) is 0 Å². The van der Waals surface area contributed by atoms with Crippen LogP contribution in [0.15, 0.2) is 72.9 Å². The number of hydrogen-bond donors (Lipinski definition) is 0. The van der Waals surface area contributed by atoms with Crippen LogP contribution in [-0.2, 0) is 47.7 Å². The van der Waals surface area contributed by atoms with Gasteiger partial charge in [-0.3, -0.25) is 24.0 Å². The Bertz CT molecular complexity index is 1930. The Morgan fingerprint density at radius 1 is 0.167 bits per heavy atom. The second-order valence-electron chi connectivity index (χ2n) is 29.6. The summed E-state index contributed by atoms with van der Waals surface area (Å²) in [5.41, 5.74) is 0. The van der Waals surface area contributed by atoms with Crippen molar-refractivity contribution in [3.8, 4) is 0 Å². The van der Waals surface area contributed by atoms with Crippen LogP contribution in [0.4, 0.5) is 0 Å². The highest BCUT2D eigenvalue weighted by molar-refractivity contribution is 5.70. The third kappa shape index (κ3) is 118. The summed E-state index contributed by atoms with van der Waals surface area (Å²) in [6.07, 6.45) is 108. The van der Waals surface area contributed by atoms with Gasteiger partial charge in [-0.25, -0.2) is 0 Å². The van der Waals surface area contributed by atoms with Crippen LogP contribution in [0.1, 0.15) is 493 Å². The van der Waals surface area contributed by atoms with Gasteiger partial charge >= 0.3 is 29.8 Å². The van der Waals surface area contributed by atoms with Crippen LogP contribution in [0, 0.1) is 0 Å². The molecule has 0 aromatic rings. The molecule has 10 nitrogen and oxygen atoms in total. The van der Waals surface area contributed by atoms with Gasteiger partial charge in [-0.2, -0.15) is 0 Å². The zero-order valence-electron chi connectivity index (χ0n) is 73.7. The van der Waals surface area contributed by atoms with Crippen molar-refractivity contribution in [1.29, 1.82) is 0 Å². The quantitative estimate of drug-likeness (QED) is 0.0251. The first kappa shape index (κ1) is 112. The van der Waals surface area contributed by atoms with Gasteiger partial charge < -0.3 is 23.7 Å². The SMILES string of the molecule is CC/C=C\C/C=C\C/C=C\CCCCCCCC(=O)OCC.CCCCC/C=C\C/C=C\CCCCCCCC(=O)OCC.CCCCCCCC/C=C\CCCCCCCC(=O)OCC.CCCCCCCCCCCCCCCC(=O)OCC.CCCCCCCCCCCCCCCCCC(=O)OCC. The molecular weight excluding hydrogens is 1340 g/mol. The molecule has 0 aliphatic heterocycles. The van der Waals surface area contributed by atoms with Crippen LogP contribution in [0.3, 0.4) is 0 Å². The Balaban J connectivity index is -0.000000409. The number of esters is 5. The third-order valence-electron chi connectivity index (χ3n) is 19.0. The molecule has 636 valence electrons. The number of rotatable bonds is 77. The molecule has 0 saturated heterocycles. The average Bonchev–Trinajstić information content (AvgIpc) is 3.37. The number of ether oxygens (including phenoxy) is 5. The van der Waals surface area contributed by atoms with Crippen LogP contribution in [0.25, 0.3) is 0 Å². The fraction of sp³-hybridized carbons (Fsp3) is 0.827. The first-order chi connectivity index (χ1) is 53.0. The minimum absolute atomic E-state index is 0.0304. The van der Waals surface area contributed by atoms with Crippen molar-refractivity contribution in [2.24, 2.45) is 0 Å². The molecule has 0 atom stereocenters. The lowest BCUT2D eigenvalue weighted by molar-refractivity contribution is -0.144. The minimum atomic E-state index is -0.0522. The van der Waals surface area contributed by atoms with Crippen molar-refractivity contribution in [3.63, 3.8) is 0 Å². The topological polar surface area (TPSA) is 132 Å². The molecule has 0 fully saturated rings. The van der Waals surface area contributed by atoms with Crippen molar-refractivity contribution in [3.05, 3.63) is 72.9 Å². The second-order valence-corrected chi connectivity index (χ2v) is 29.6. The van der Waals surface area contributed by atoms with E-state index >= 15 is 0 Å². The van der Waals surface area contributed by atoms with Gasteiger partial charge in [0.25, 0.3) is 0 Å². The molecule has 0 heterocycles. The number of carbonyl (C=O) groups excluding carboxylic acids is 5. The highest BCUT2D eigenvalue weighted by Gasteiger charge is 2.06. The molecular formula is C98H184O10. The molecule has 0 saturated carbocycles. The van der Waals surface area contributed by atoms with Crippen LogP contribution in [0.2, 0.25) is 0 Å². The monoisotopic (exact) mass is 1520 g/mol. The lowest BCUT2D eigenvalue weighted by Gasteiger charge is -2.03. The van der Waals surface area contributed by atoms with Crippen molar-refractivity contribution in [2.45, 2.75) is 493 Å². The Kier molecular flexibility index (Phi) is 114. The van der Waals surface area contributed by atoms with Gasteiger partial charge in [0.1, 0.15) is 0 Å². The van der Waals surface area contributed by atoms with E-state index in [9.17, 15) is 24.0 Å². The molecule has 0 rings (SSSR count). The maximum Gasteiger partial charge on any atom is 0.305 e. The summed E-state index contributed by atoms with van der Waals surface area (Å²) < 4.78 is 24.6. The standard InChI is InChI=1S/C20H40O2.C20H38O2.C20H36O2.C20H34O2.C18H36O2/c4*1-3-5-6-7-8-9-10-11-12-13-14-15-16-17-18-19-20(21)22-4-2;1-3-5-6-7-8-9-10-11-12-13-14-15-16-17-18(19)20-4-2/h3-19H2,1-2H3;11-12H,3-10,13-19H2,1-2H3;8-9,11-12H,3-7,10,13-19H2,1-2H3;5-6,8-9,11-12H,3-4,7,10,13-19H2,1-2H3;3-17H2,1-2H3/b;12-11-;9-8-,12-11-;6-5-,9-8-,12-11-;. The van der Waals surface area contributed by atoms with Crippen molar-refractivity contribution >= 4 is 29.8 Å². The maximum atomic E-state index is 11.2. The summed E-state index contributed by atoms with van der Waals surface area (Å²) >= 11 is 0. The molecule has 10 heteroatoms. The van der Waals surface area contributed by atoms with Gasteiger partial charge in [0.05, 0.1) is 33.0 Å². The first-order valence-corrected chi connectivity index (χ1v) is 46.7. The second kappa shape index (κ2) is 109. The van der Waals surface area contributed by atoms with E-state index < -0.39 is 0 Å². The van der Waals surface area contributed by atoms with Gasteiger partial charge in [-0.1, -0.05) is 377 Å². The predicted octanol–water partition coefficient (Wildman–Crippen LogP) is 31.9. The van der Waals surface area contributed by atoms with Crippen molar-refractivity contribution in [2.75, 3.05) is 33.0 Å². The first-order valence-electron chi connectivity index (χ1n) is 46.7. The number of carbonyl (C=O) groups is 5. The van der Waals surface area contributed by atoms with E-state index in [1.807, 2.05) is 34.6 Å². The van der Waals surface area contributed by atoms with Crippen LogP contribution in [-0.4, -0.2) is 62.9 Å². The fourth-order valence-electron chi connectivity index (χ4n) is 12.4. The molecule has 0 spiro atoms. The fourth-order valence-corrected chi connectivity index (χ4v) is 12.4. The van der Waals surface area contributed by atoms with Crippen molar-refractivity contribution in [1.82, 2.24) is 0 Å². The minimum Gasteiger partial charge on any atom is -0.466 e. The van der Waals surface area contributed by atoms with E-state index in [4.69, 9.17) is 23.7 Å². The molecule has 0 unspecified atom stereocenters. The lowest BCUT2D eigenvalue weighted by Crippen LogP contribution is -2.03. The molecule has 0 amide bonds. The summed E-state index contributed by atoms with van der Waals surface area (Å²) in [4.78, 5) is 55.7. The number of unbranched alkanes of at least 4 members (excludes halogenated alkanes) is 50. The largest absolute Gasteiger partial charge is 0.466 e. The Hall–Kier alpha value is -4.21. The van der Waals surface area contributed by atoms with Crippen LogP contribution >= 0.6 is 0 Å². The van der Waals surface area contributed by atoms with Crippen LogP contribution < -0.4 is 0 Å². The zero-order valence-corrected chi connectivity index (χ0v) is 73.7. The van der Waals surface area contributed by atoms with E-state index in [-0.39, 0.29) is 29.8 Å². The Morgan fingerprint density at radius 2 is 0.306 bits per heavy atom. The molecule has 0 bridgehead atoms. The van der Waals surface area contributed by atoms with Gasteiger partial charge in [0.2, 0.25) is 0 Å². The summed E-state index contributed by atoms with van der Waals surface area (Å²) in [6.45, 7) is 23.0. The molecule has 0 aliphatic carbocycles. The summed E-state index contributed by atoms with van der Waals surface area (Å²) in [5, 5.41) is 0. The molecule has 0 radical (unpaired) electrons.